The minimum absolute atomic E-state index is 0.0903. The fourth-order valence-electron chi connectivity index (χ4n) is 2.96. The number of nitrogens with zero attached hydrogens (tertiary/aromatic N) is 2. The van der Waals surface area contributed by atoms with Gasteiger partial charge in [-0.05, 0) is 31.9 Å². The van der Waals surface area contributed by atoms with Gasteiger partial charge >= 0.3 is 0 Å². The van der Waals surface area contributed by atoms with Gasteiger partial charge < -0.3 is 14.0 Å². The van der Waals surface area contributed by atoms with Crippen molar-refractivity contribution in [3.63, 3.8) is 0 Å². The van der Waals surface area contributed by atoms with Crippen molar-refractivity contribution in [2.45, 2.75) is 30.7 Å². The minimum atomic E-state index is -3.76. The van der Waals surface area contributed by atoms with Crippen LogP contribution in [0.3, 0.4) is 0 Å². The molecule has 1 saturated heterocycles. The van der Waals surface area contributed by atoms with Gasteiger partial charge in [0.05, 0.1) is 26.0 Å². The molecule has 3 rings (SSSR count). The van der Waals surface area contributed by atoms with Crippen LogP contribution in [-0.2, 0) is 10.0 Å². The number of hydrogen-bond acceptors (Lipinski definition) is 6. The van der Waals surface area contributed by atoms with Crippen molar-refractivity contribution >= 4 is 10.0 Å². The number of ether oxygens (including phenoxy) is 2. The predicted molar refractivity (Wildman–Crippen MR) is 86.7 cm³/mol. The van der Waals surface area contributed by atoms with E-state index in [1.54, 1.807) is 18.2 Å². The van der Waals surface area contributed by atoms with Gasteiger partial charge in [-0.3, -0.25) is 0 Å². The van der Waals surface area contributed by atoms with Gasteiger partial charge in [0.1, 0.15) is 16.4 Å². The SMILES string of the molecule is COc1ccc(OC)c(S(=O)(=O)N2CCC[C@H]2c2cc(C)no2)c1. The zero-order chi connectivity index (χ0) is 17.3. The Kier molecular flexibility index (Phi) is 4.51. The summed E-state index contributed by atoms with van der Waals surface area (Å²) in [6.07, 6.45) is 1.45. The lowest BCUT2D eigenvalue weighted by molar-refractivity contribution is 0.296. The van der Waals surface area contributed by atoms with Gasteiger partial charge in [-0.15, -0.1) is 0 Å². The highest BCUT2D eigenvalue weighted by Crippen LogP contribution is 2.39. The Morgan fingerprint density at radius 1 is 1.25 bits per heavy atom. The average molecular weight is 352 g/mol. The Morgan fingerprint density at radius 2 is 2.04 bits per heavy atom. The molecule has 130 valence electrons. The van der Waals surface area contributed by atoms with Gasteiger partial charge in [-0.1, -0.05) is 5.16 Å². The second kappa shape index (κ2) is 6.45. The molecule has 1 aromatic carbocycles. The summed E-state index contributed by atoms with van der Waals surface area (Å²) in [6.45, 7) is 2.24. The Labute approximate surface area is 141 Å². The molecule has 1 aliphatic rings. The Balaban J connectivity index is 2.03. The monoisotopic (exact) mass is 352 g/mol. The number of benzene rings is 1. The summed E-state index contributed by atoms with van der Waals surface area (Å²) in [7, 11) is -0.821. The van der Waals surface area contributed by atoms with Crippen molar-refractivity contribution in [2.75, 3.05) is 20.8 Å². The first-order valence-electron chi connectivity index (χ1n) is 7.64. The van der Waals surface area contributed by atoms with E-state index < -0.39 is 10.0 Å². The van der Waals surface area contributed by atoms with Crippen LogP contribution < -0.4 is 9.47 Å². The number of sulfonamides is 1. The Bertz CT molecular complexity index is 831. The van der Waals surface area contributed by atoms with Crippen LogP contribution in [-0.4, -0.2) is 38.6 Å². The lowest BCUT2D eigenvalue weighted by Crippen LogP contribution is -2.30. The first kappa shape index (κ1) is 16.8. The standard InChI is InChI=1S/C16H20N2O5S/c1-11-9-15(23-17-11)13-5-4-8-18(13)24(19,20)16-10-12(21-2)6-7-14(16)22-3/h6-7,9-10,13H,4-5,8H2,1-3H3/t13-/m0/s1. The van der Waals surface area contributed by atoms with E-state index in [0.717, 1.165) is 12.1 Å². The maximum atomic E-state index is 13.2. The molecule has 2 heterocycles. The molecule has 1 aromatic heterocycles. The van der Waals surface area contributed by atoms with Crippen LogP contribution in [0.5, 0.6) is 11.5 Å². The second-order valence-electron chi connectivity index (χ2n) is 5.66. The van der Waals surface area contributed by atoms with Crippen molar-refractivity contribution in [2.24, 2.45) is 0 Å². The highest BCUT2D eigenvalue weighted by atomic mass is 32.2. The smallest absolute Gasteiger partial charge is 0.247 e. The number of aryl methyl sites for hydroxylation is 1. The van der Waals surface area contributed by atoms with Crippen molar-refractivity contribution < 1.29 is 22.4 Å². The lowest BCUT2D eigenvalue weighted by Gasteiger charge is -2.23. The zero-order valence-corrected chi connectivity index (χ0v) is 14.7. The van der Waals surface area contributed by atoms with Gasteiger partial charge in [-0.2, -0.15) is 4.31 Å². The average Bonchev–Trinajstić information content (AvgIpc) is 3.23. The summed E-state index contributed by atoms with van der Waals surface area (Å²) in [5.41, 5.74) is 0.730. The summed E-state index contributed by atoms with van der Waals surface area (Å²) < 4.78 is 43.5. The van der Waals surface area contributed by atoms with Crippen molar-refractivity contribution in [1.82, 2.24) is 9.46 Å². The number of methoxy groups -OCH3 is 2. The molecule has 1 aliphatic heterocycles. The number of aromatic nitrogens is 1. The van der Waals surface area contributed by atoms with Crippen LogP contribution in [0.4, 0.5) is 0 Å². The first-order valence-corrected chi connectivity index (χ1v) is 9.08. The molecule has 0 amide bonds. The minimum Gasteiger partial charge on any atom is -0.497 e. The number of rotatable bonds is 5. The van der Waals surface area contributed by atoms with Gasteiger partial charge in [0.25, 0.3) is 0 Å². The Hall–Kier alpha value is -2.06. The third kappa shape index (κ3) is 2.87. The highest BCUT2D eigenvalue weighted by Gasteiger charge is 2.39. The van der Waals surface area contributed by atoms with E-state index in [2.05, 4.69) is 5.16 Å². The summed E-state index contributed by atoms with van der Waals surface area (Å²) in [4.78, 5) is 0.0903. The molecule has 2 aromatic rings. The van der Waals surface area contributed by atoms with Crippen LogP contribution >= 0.6 is 0 Å². The summed E-state index contributed by atoms with van der Waals surface area (Å²) in [6, 6.07) is 6.16. The quantitative estimate of drug-likeness (QED) is 0.822. The molecular weight excluding hydrogens is 332 g/mol. The second-order valence-corrected chi connectivity index (χ2v) is 7.52. The third-order valence-corrected chi connectivity index (χ3v) is 6.07. The van der Waals surface area contributed by atoms with Gasteiger partial charge in [0.2, 0.25) is 10.0 Å². The van der Waals surface area contributed by atoms with Crippen molar-refractivity contribution in [1.29, 1.82) is 0 Å². The van der Waals surface area contributed by atoms with E-state index in [1.165, 1.54) is 24.6 Å². The topological polar surface area (TPSA) is 81.9 Å². The first-order chi connectivity index (χ1) is 11.5. The Morgan fingerprint density at radius 3 is 2.67 bits per heavy atom. The van der Waals surface area contributed by atoms with E-state index in [-0.39, 0.29) is 16.7 Å². The van der Waals surface area contributed by atoms with Gasteiger partial charge in [0.15, 0.2) is 5.76 Å². The van der Waals surface area contributed by atoms with E-state index in [9.17, 15) is 8.42 Å². The van der Waals surface area contributed by atoms with Crippen LogP contribution in [0.15, 0.2) is 33.7 Å². The number of hydrogen-bond donors (Lipinski definition) is 0. The fourth-order valence-corrected chi connectivity index (χ4v) is 4.80. The molecule has 0 spiro atoms. The molecule has 8 heteroatoms. The van der Waals surface area contributed by atoms with Crippen LogP contribution in [0.25, 0.3) is 0 Å². The molecule has 0 radical (unpaired) electrons. The molecule has 1 atom stereocenters. The van der Waals surface area contributed by atoms with E-state index >= 15 is 0 Å². The normalized spacial score (nSPS) is 18.7. The molecular formula is C16H20N2O5S. The molecule has 0 unspecified atom stereocenters. The summed E-state index contributed by atoms with van der Waals surface area (Å²) in [5.74, 6) is 1.31. The van der Waals surface area contributed by atoms with Crippen LogP contribution in [0.2, 0.25) is 0 Å². The largest absolute Gasteiger partial charge is 0.497 e. The summed E-state index contributed by atoms with van der Waals surface area (Å²) >= 11 is 0. The predicted octanol–water partition coefficient (Wildman–Crippen LogP) is 2.53. The van der Waals surface area contributed by atoms with Crippen LogP contribution in [0.1, 0.15) is 30.3 Å². The van der Waals surface area contributed by atoms with E-state index in [1.807, 2.05) is 6.92 Å². The maximum Gasteiger partial charge on any atom is 0.247 e. The lowest BCUT2D eigenvalue weighted by atomic mass is 10.2. The summed E-state index contributed by atoms with van der Waals surface area (Å²) in [5, 5.41) is 3.87. The van der Waals surface area contributed by atoms with Gasteiger partial charge in [-0.25, -0.2) is 8.42 Å². The molecule has 0 saturated carbocycles. The molecule has 7 nitrogen and oxygen atoms in total. The van der Waals surface area contributed by atoms with E-state index in [0.29, 0.717) is 24.5 Å². The van der Waals surface area contributed by atoms with Crippen molar-refractivity contribution in [3.05, 3.63) is 35.7 Å². The zero-order valence-electron chi connectivity index (χ0n) is 13.9. The fraction of sp³-hybridized carbons (Fsp3) is 0.438. The van der Waals surface area contributed by atoms with Gasteiger partial charge in [0, 0.05) is 18.7 Å². The maximum absolute atomic E-state index is 13.2. The van der Waals surface area contributed by atoms with Crippen molar-refractivity contribution in [3.8, 4) is 11.5 Å². The van der Waals surface area contributed by atoms with E-state index in [4.69, 9.17) is 14.0 Å². The molecule has 1 fully saturated rings. The molecule has 0 aliphatic carbocycles. The highest BCUT2D eigenvalue weighted by molar-refractivity contribution is 7.89. The molecule has 0 N–H and O–H groups in total. The van der Waals surface area contributed by atoms with Crippen LogP contribution in [0, 0.1) is 6.92 Å². The third-order valence-electron chi connectivity index (χ3n) is 4.14. The molecule has 24 heavy (non-hydrogen) atoms. The molecule has 0 bridgehead atoms.